The Hall–Kier alpha value is -3.02. The molecular formula is C21H26N2O4. The van der Waals surface area contributed by atoms with E-state index < -0.39 is 17.6 Å². The minimum atomic E-state index is -0.552. The molecule has 0 aliphatic rings. The van der Waals surface area contributed by atoms with Gasteiger partial charge in [-0.15, -0.1) is 0 Å². The van der Waals surface area contributed by atoms with Gasteiger partial charge in [-0.05, 0) is 62.6 Å². The normalized spacial score (nSPS) is 11.0. The number of nitrogens with one attached hydrogen (secondary N) is 1. The highest BCUT2D eigenvalue weighted by atomic mass is 16.6. The maximum atomic E-state index is 11.7. The van der Waals surface area contributed by atoms with Crippen LogP contribution in [0.5, 0.6) is 5.75 Å². The lowest BCUT2D eigenvalue weighted by Gasteiger charge is -2.19. The molecule has 0 aliphatic heterocycles. The maximum absolute atomic E-state index is 11.7. The van der Waals surface area contributed by atoms with Gasteiger partial charge in [-0.25, -0.2) is 4.79 Å². The lowest BCUT2D eigenvalue weighted by molar-refractivity contribution is 0.0520. The minimum Gasteiger partial charge on any atom is -0.492 e. The van der Waals surface area contributed by atoms with Gasteiger partial charge in [0, 0.05) is 5.56 Å². The lowest BCUT2D eigenvalue weighted by Crippen LogP contribution is -2.34. The number of carbonyl (C=O) groups excluding carboxylic acids is 2. The van der Waals surface area contributed by atoms with Crippen LogP contribution < -0.4 is 15.8 Å². The molecule has 0 aliphatic carbocycles. The first-order valence-corrected chi connectivity index (χ1v) is 8.76. The fourth-order valence-electron chi connectivity index (χ4n) is 2.51. The summed E-state index contributed by atoms with van der Waals surface area (Å²) in [6, 6.07) is 13.1. The number of hydrogen-bond acceptors (Lipinski definition) is 4. The number of benzene rings is 2. The van der Waals surface area contributed by atoms with Crippen LogP contribution in [-0.4, -0.2) is 30.8 Å². The SMILES string of the molecule is Cc1ccccc1-c1cc(OCCNC(=O)OC(C)(C)C)cc(C(N)=O)c1. The number of rotatable bonds is 6. The van der Waals surface area contributed by atoms with Crippen LogP contribution in [0.3, 0.4) is 0 Å². The highest BCUT2D eigenvalue weighted by Crippen LogP contribution is 2.28. The van der Waals surface area contributed by atoms with Crippen molar-refractivity contribution in [1.82, 2.24) is 5.32 Å². The summed E-state index contributed by atoms with van der Waals surface area (Å²) >= 11 is 0. The molecule has 0 heterocycles. The molecule has 0 saturated heterocycles. The van der Waals surface area contributed by atoms with Gasteiger partial charge >= 0.3 is 6.09 Å². The predicted octanol–water partition coefficient (Wildman–Crippen LogP) is 3.66. The first-order valence-electron chi connectivity index (χ1n) is 8.76. The standard InChI is InChI=1S/C21H26N2O4/c1-14-7-5-6-8-18(14)15-11-16(19(22)24)13-17(12-15)26-10-9-23-20(25)27-21(2,3)4/h5-8,11-13H,9-10H2,1-4H3,(H2,22,24)(H,23,25). The number of carbonyl (C=O) groups is 2. The van der Waals surface area contributed by atoms with Crippen molar-refractivity contribution in [3.05, 3.63) is 53.6 Å². The lowest BCUT2D eigenvalue weighted by atomic mass is 9.98. The molecule has 2 amide bonds. The van der Waals surface area contributed by atoms with Gasteiger partial charge < -0.3 is 20.5 Å². The Morgan fingerprint density at radius 2 is 1.81 bits per heavy atom. The molecule has 0 fully saturated rings. The zero-order chi connectivity index (χ0) is 20.0. The third-order valence-electron chi connectivity index (χ3n) is 3.69. The number of aryl methyl sites for hydroxylation is 1. The van der Waals surface area contributed by atoms with Crippen LogP contribution in [0.4, 0.5) is 4.79 Å². The predicted molar refractivity (Wildman–Crippen MR) is 105 cm³/mol. The fourth-order valence-corrected chi connectivity index (χ4v) is 2.51. The van der Waals surface area contributed by atoms with E-state index in [4.69, 9.17) is 15.2 Å². The molecule has 2 rings (SSSR count). The van der Waals surface area contributed by atoms with Crippen molar-refractivity contribution >= 4 is 12.0 Å². The average Bonchev–Trinajstić information content (AvgIpc) is 2.57. The van der Waals surface area contributed by atoms with Crippen LogP contribution in [0.1, 0.15) is 36.7 Å². The molecule has 0 bridgehead atoms. The summed E-state index contributed by atoms with van der Waals surface area (Å²) in [5, 5.41) is 2.62. The highest BCUT2D eigenvalue weighted by molar-refractivity contribution is 5.94. The summed E-state index contributed by atoms with van der Waals surface area (Å²) in [6.45, 7) is 7.89. The van der Waals surface area contributed by atoms with E-state index in [1.807, 2.05) is 37.3 Å². The Labute approximate surface area is 159 Å². The zero-order valence-corrected chi connectivity index (χ0v) is 16.2. The number of amides is 2. The molecule has 2 aromatic carbocycles. The van der Waals surface area contributed by atoms with Crippen LogP contribution >= 0.6 is 0 Å². The van der Waals surface area contributed by atoms with E-state index in [9.17, 15) is 9.59 Å². The molecule has 0 radical (unpaired) electrons. The fraction of sp³-hybridized carbons (Fsp3) is 0.333. The second kappa shape index (κ2) is 8.58. The molecule has 0 aromatic heterocycles. The second-order valence-electron chi connectivity index (χ2n) is 7.20. The molecule has 0 saturated carbocycles. The maximum Gasteiger partial charge on any atom is 0.407 e. The highest BCUT2D eigenvalue weighted by Gasteiger charge is 2.15. The number of primary amides is 1. The Kier molecular flexibility index (Phi) is 6.45. The molecule has 2 aromatic rings. The molecule has 27 heavy (non-hydrogen) atoms. The van der Waals surface area contributed by atoms with Crippen molar-refractivity contribution in [2.75, 3.05) is 13.2 Å². The van der Waals surface area contributed by atoms with Gasteiger partial charge in [0.05, 0.1) is 6.54 Å². The topological polar surface area (TPSA) is 90.7 Å². The number of hydrogen-bond donors (Lipinski definition) is 2. The first-order chi connectivity index (χ1) is 12.7. The third kappa shape index (κ3) is 6.33. The first kappa shape index (κ1) is 20.3. The summed E-state index contributed by atoms with van der Waals surface area (Å²) in [5.41, 5.74) is 8.19. The van der Waals surface area contributed by atoms with E-state index in [0.717, 1.165) is 16.7 Å². The van der Waals surface area contributed by atoms with Crippen molar-refractivity contribution < 1.29 is 19.1 Å². The summed E-state index contributed by atoms with van der Waals surface area (Å²) < 4.78 is 10.9. The Bertz CT molecular complexity index is 825. The van der Waals surface area contributed by atoms with E-state index in [1.165, 1.54) is 0 Å². The average molecular weight is 370 g/mol. The Morgan fingerprint density at radius 3 is 2.44 bits per heavy atom. The van der Waals surface area contributed by atoms with Gasteiger partial charge in [-0.3, -0.25) is 4.79 Å². The molecule has 6 heteroatoms. The van der Waals surface area contributed by atoms with Crippen LogP contribution in [0.15, 0.2) is 42.5 Å². The summed E-state index contributed by atoms with van der Waals surface area (Å²) in [5.74, 6) is -0.0160. The zero-order valence-electron chi connectivity index (χ0n) is 16.2. The minimum absolute atomic E-state index is 0.231. The van der Waals surface area contributed by atoms with Crippen molar-refractivity contribution in [1.29, 1.82) is 0 Å². The quantitative estimate of drug-likeness (QED) is 0.759. The molecular weight excluding hydrogens is 344 g/mol. The largest absolute Gasteiger partial charge is 0.492 e. The summed E-state index contributed by atoms with van der Waals surface area (Å²) in [6.07, 6.45) is -0.502. The van der Waals surface area contributed by atoms with Crippen LogP contribution in [-0.2, 0) is 4.74 Å². The van der Waals surface area contributed by atoms with Gasteiger partial charge in [-0.1, -0.05) is 24.3 Å². The Morgan fingerprint density at radius 1 is 1.11 bits per heavy atom. The van der Waals surface area contributed by atoms with E-state index >= 15 is 0 Å². The monoisotopic (exact) mass is 370 g/mol. The van der Waals surface area contributed by atoms with Crippen LogP contribution in [0, 0.1) is 6.92 Å². The van der Waals surface area contributed by atoms with Crippen molar-refractivity contribution in [3.63, 3.8) is 0 Å². The summed E-state index contributed by atoms with van der Waals surface area (Å²) in [4.78, 5) is 23.3. The van der Waals surface area contributed by atoms with Crippen LogP contribution in [0.25, 0.3) is 11.1 Å². The van der Waals surface area contributed by atoms with E-state index in [1.54, 1.807) is 32.9 Å². The van der Waals surface area contributed by atoms with E-state index in [0.29, 0.717) is 11.3 Å². The molecule has 0 unspecified atom stereocenters. The number of nitrogens with two attached hydrogens (primary N) is 1. The van der Waals surface area contributed by atoms with Crippen molar-refractivity contribution in [2.45, 2.75) is 33.3 Å². The molecule has 6 nitrogen and oxygen atoms in total. The molecule has 3 N–H and O–H groups in total. The van der Waals surface area contributed by atoms with Gasteiger partial charge in [0.1, 0.15) is 18.0 Å². The Balaban J connectivity index is 2.07. The van der Waals surface area contributed by atoms with Crippen molar-refractivity contribution in [2.24, 2.45) is 5.73 Å². The van der Waals surface area contributed by atoms with Gasteiger partial charge in [0.15, 0.2) is 0 Å². The van der Waals surface area contributed by atoms with E-state index in [2.05, 4.69) is 5.32 Å². The van der Waals surface area contributed by atoms with Crippen LogP contribution in [0.2, 0.25) is 0 Å². The van der Waals surface area contributed by atoms with Gasteiger partial charge in [-0.2, -0.15) is 0 Å². The molecule has 144 valence electrons. The summed E-state index contributed by atoms with van der Waals surface area (Å²) in [7, 11) is 0. The smallest absolute Gasteiger partial charge is 0.407 e. The number of alkyl carbamates (subject to hydrolysis) is 1. The molecule has 0 atom stereocenters. The second-order valence-corrected chi connectivity index (χ2v) is 7.20. The number of ether oxygens (including phenoxy) is 2. The van der Waals surface area contributed by atoms with Crippen molar-refractivity contribution in [3.8, 4) is 16.9 Å². The molecule has 0 spiro atoms. The third-order valence-corrected chi connectivity index (χ3v) is 3.69. The van der Waals surface area contributed by atoms with Gasteiger partial charge in [0.2, 0.25) is 5.91 Å². The van der Waals surface area contributed by atoms with E-state index in [-0.39, 0.29) is 13.2 Å². The van der Waals surface area contributed by atoms with Gasteiger partial charge in [0.25, 0.3) is 0 Å².